The molecule has 28 heavy (non-hydrogen) atoms. The smallest absolute Gasteiger partial charge is 0.313 e. The molecule has 8 heteroatoms. The maximum atomic E-state index is 12.3. The van der Waals surface area contributed by atoms with Crippen molar-refractivity contribution < 1.29 is 22.7 Å². The van der Waals surface area contributed by atoms with Gasteiger partial charge in [-0.25, -0.2) is 12.7 Å². The van der Waals surface area contributed by atoms with Gasteiger partial charge in [0.05, 0.1) is 10.8 Å². The molecule has 0 bridgehead atoms. The SMILES string of the molecule is CC[C@@H](C(=O)OCC(=O)Nc1ccc(S(=O)(=O)N(C)C)cc1)c1ccccc1. The minimum absolute atomic E-state index is 0.121. The highest BCUT2D eigenvalue weighted by atomic mass is 32.2. The second kappa shape index (κ2) is 9.48. The summed E-state index contributed by atoms with van der Waals surface area (Å²) in [5.74, 6) is -1.39. The largest absolute Gasteiger partial charge is 0.455 e. The van der Waals surface area contributed by atoms with Gasteiger partial charge < -0.3 is 10.1 Å². The van der Waals surface area contributed by atoms with Crippen molar-refractivity contribution in [3.05, 3.63) is 60.2 Å². The summed E-state index contributed by atoms with van der Waals surface area (Å²) in [6, 6.07) is 15.0. The van der Waals surface area contributed by atoms with Gasteiger partial charge in [0, 0.05) is 19.8 Å². The van der Waals surface area contributed by atoms with Gasteiger partial charge in [-0.3, -0.25) is 9.59 Å². The molecule has 0 saturated heterocycles. The van der Waals surface area contributed by atoms with Gasteiger partial charge in [0.1, 0.15) is 0 Å². The first kappa shape index (κ1) is 21.6. The normalized spacial score (nSPS) is 12.4. The van der Waals surface area contributed by atoms with Gasteiger partial charge >= 0.3 is 5.97 Å². The first-order chi connectivity index (χ1) is 13.3. The average molecular weight is 404 g/mol. The molecule has 0 radical (unpaired) electrons. The summed E-state index contributed by atoms with van der Waals surface area (Å²) in [6.07, 6.45) is 0.562. The average Bonchev–Trinajstić information content (AvgIpc) is 2.68. The molecule has 0 saturated carbocycles. The van der Waals surface area contributed by atoms with E-state index in [0.717, 1.165) is 9.87 Å². The van der Waals surface area contributed by atoms with Gasteiger partial charge in [0.25, 0.3) is 5.91 Å². The molecule has 0 aliphatic carbocycles. The highest BCUT2D eigenvalue weighted by Gasteiger charge is 2.21. The molecule has 1 amide bonds. The number of rotatable bonds is 8. The van der Waals surface area contributed by atoms with Gasteiger partial charge in [0.2, 0.25) is 10.0 Å². The van der Waals surface area contributed by atoms with Gasteiger partial charge in [-0.05, 0) is 36.2 Å². The summed E-state index contributed by atoms with van der Waals surface area (Å²) >= 11 is 0. The van der Waals surface area contributed by atoms with Gasteiger partial charge in [0.15, 0.2) is 6.61 Å². The topological polar surface area (TPSA) is 92.8 Å². The van der Waals surface area contributed by atoms with Crippen LogP contribution < -0.4 is 5.32 Å². The van der Waals surface area contributed by atoms with E-state index in [-0.39, 0.29) is 4.90 Å². The Balaban J connectivity index is 1.93. The van der Waals surface area contributed by atoms with Crippen molar-refractivity contribution in [1.82, 2.24) is 4.31 Å². The number of amides is 1. The summed E-state index contributed by atoms with van der Waals surface area (Å²) in [5, 5.41) is 2.58. The minimum atomic E-state index is -3.53. The number of carbonyl (C=O) groups excluding carboxylic acids is 2. The third kappa shape index (κ3) is 5.40. The zero-order valence-corrected chi connectivity index (χ0v) is 16.9. The number of benzene rings is 2. The van der Waals surface area contributed by atoms with E-state index in [4.69, 9.17) is 4.74 Å². The van der Waals surface area contributed by atoms with Crippen molar-refractivity contribution in [3.8, 4) is 0 Å². The number of hydrogen-bond acceptors (Lipinski definition) is 5. The lowest BCUT2D eigenvalue weighted by atomic mass is 9.97. The fourth-order valence-corrected chi connectivity index (χ4v) is 3.48. The molecule has 0 aliphatic rings. The van der Waals surface area contributed by atoms with Crippen LogP contribution in [-0.4, -0.2) is 45.3 Å². The quantitative estimate of drug-likeness (QED) is 0.683. The van der Waals surface area contributed by atoms with E-state index in [1.165, 1.54) is 38.4 Å². The summed E-state index contributed by atoms with van der Waals surface area (Å²) in [7, 11) is -0.645. The molecule has 150 valence electrons. The standard InChI is InChI=1S/C20H24N2O5S/c1-4-18(15-8-6-5-7-9-15)20(24)27-14-19(23)21-16-10-12-17(13-11-16)28(25,26)22(2)3/h5-13,18H,4,14H2,1-3H3,(H,21,23)/t18-/m1/s1. The Kier molecular flexibility index (Phi) is 7.31. The summed E-state index contributed by atoms with van der Waals surface area (Å²) in [4.78, 5) is 24.4. The molecule has 2 rings (SSSR count). The van der Waals surface area contributed by atoms with Crippen molar-refractivity contribution in [1.29, 1.82) is 0 Å². The van der Waals surface area contributed by atoms with Crippen LogP contribution in [-0.2, 0) is 24.3 Å². The molecular formula is C20H24N2O5S. The van der Waals surface area contributed by atoms with Crippen molar-refractivity contribution >= 4 is 27.6 Å². The maximum Gasteiger partial charge on any atom is 0.313 e. The van der Waals surface area contributed by atoms with Crippen LogP contribution >= 0.6 is 0 Å². The van der Waals surface area contributed by atoms with Crippen LogP contribution in [0.5, 0.6) is 0 Å². The van der Waals surface area contributed by atoms with Crippen molar-refractivity contribution in [3.63, 3.8) is 0 Å². The third-order valence-corrected chi connectivity index (χ3v) is 5.99. The van der Waals surface area contributed by atoms with E-state index in [1.54, 1.807) is 0 Å². The summed E-state index contributed by atoms with van der Waals surface area (Å²) in [6.45, 7) is 1.46. The number of nitrogens with zero attached hydrogens (tertiary/aromatic N) is 1. The van der Waals surface area contributed by atoms with Crippen LogP contribution in [0.15, 0.2) is 59.5 Å². The highest BCUT2D eigenvalue weighted by Crippen LogP contribution is 2.21. The Hall–Kier alpha value is -2.71. The number of hydrogen-bond donors (Lipinski definition) is 1. The molecule has 0 unspecified atom stereocenters. The number of nitrogens with one attached hydrogen (secondary N) is 1. The summed E-state index contributed by atoms with van der Waals surface area (Å²) in [5.41, 5.74) is 1.25. The molecule has 7 nitrogen and oxygen atoms in total. The zero-order chi connectivity index (χ0) is 20.7. The molecule has 0 heterocycles. The second-order valence-electron chi connectivity index (χ2n) is 6.34. The van der Waals surface area contributed by atoms with Crippen LogP contribution in [0.3, 0.4) is 0 Å². The molecule has 0 aliphatic heterocycles. The number of carbonyl (C=O) groups is 2. The lowest BCUT2D eigenvalue weighted by Crippen LogP contribution is -2.24. The Morgan fingerprint density at radius 3 is 2.18 bits per heavy atom. The number of anilines is 1. The van der Waals surface area contributed by atoms with E-state index < -0.39 is 34.4 Å². The number of sulfonamides is 1. The first-order valence-electron chi connectivity index (χ1n) is 8.79. The van der Waals surface area contributed by atoms with Gasteiger partial charge in [-0.15, -0.1) is 0 Å². The van der Waals surface area contributed by atoms with E-state index >= 15 is 0 Å². The monoisotopic (exact) mass is 404 g/mol. The Morgan fingerprint density at radius 1 is 1.04 bits per heavy atom. The van der Waals surface area contributed by atoms with E-state index in [1.807, 2.05) is 37.3 Å². The van der Waals surface area contributed by atoms with Crippen LogP contribution in [0.4, 0.5) is 5.69 Å². The van der Waals surface area contributed by atoms with Gasteiger partial charge in [-0.2, -0.15) is 0 Å². The summed E-state index contributed by atoms with van der Waals surface area (Å²) < 4.78 is 30.3. The van der Waals surface area contributed by atoms with Crippen LogP contribution in [0.25, 0.3) is 0 Å². The first-order valence-corrected chi connectivity index (χ1v) is 10.2. The van der Waals surface area contributed by atoms with Crippen molar-refractivity contribution in [2.75, 3.05) is 26.0 Å². The van der Waals surface area contributed by atoms with Crippen LogP contribution in [0.1, 0.15) is 24.8 Å². The van der Waals surface area contributed by atoms with Crippen molar-refractivity contribution in [2.45, 2.75) is 24.2 Å². The van der Waals surface area contributed by atoms with Crippen molar-refractivity contribution in [2.24, 2.45) is 0 Å². The molecule has 2 aromatic carbocycles. The lowest BCUT2D eigenvalue weighted by Gasteiger charge is -2.15. The number of esters is 1. The highest BCUT2D eigenvalue weighted by molar-refractivity contribution is 7.89. The number of ether oxygens (including phenoxy) is 1. The van der Waals surface area contributed by atoms with Crippen LogP contribution in [0, 0.1) is 0 Å². The maximum absolute atomic E-state index is 12.3. The lowest BCUT2D eigenvalue weighted by molar-refractivity contribution is -0.149. The zero-order valence-electron chi connectivity index (χ0n) is 16.1. The molecule has 0 fully saturated rings. The van der Waals surface area contributed by atoms with Crippen LogP contribution in [0.2, 0.25) is 0 Å². The Bertz CT molecular complexity index is 909. The van der Waals surface area contributed by atoms with E-state index in [2.05, 4.69) is 5.32 Å². The van der Waals surface area contributed by atoms with E-state index in [9.17, 15) is 18.0 Å². The van der Waals surface area contributed by atoms with E-state index in [0.29, 0.717) is 12.1 Å². The molecule has 2 aromatic rings. The fraction of sp³-hybridized carbons (Fsp3) is 0.300. The Labute approximate surface area is 165 Å². The fourth-order valence-electron chi connectivity index (χ4n) is 2.58. The molecular weight excluding hydrogens is 380 g/mol. The van der Waals surface area contributed by atoms with Gasteiger partial charge in [-0.1, -0.05) is 37.3 Å². The Morgan fingerprint density at radius 2 is 1.64 bits per heavy atom. The molecule has 1 atom stereocenters. The minimum Gasteiger partial charge on any atom is -0.455 e. The third-order valence-electron chi connectivity index (χ3n) is 4.16. The molecule has 0 aromatic heterocycles. The second-order valence-corrected chi connectivity index (χ2v) is 8.49. The predicted octanol–water partition coefficient (Wildman–Crippen LogP) is 2.61. The molecule has 0 spiro atoms. The molecule has 1 N–H and O–H groups in total. The predicted molar refractivity (Wildman–Crippen MR) is 106 cm³/mol.